The lowest BCUT2D eigenvalue weighted by Gasteiger charge is -2.31. The van der Waals surface area contributed by atoms with Crippen LogP contribution < -0.4 is 11.1 Å². The number of fused-ring (bicyclic) bond motifs is 1. The second-order valence-electron chi connectivity index (χ2n) is 7.73. The van der Waals surface area contributed by atoms with Crippen molar-refractivity contribution in [1.29, 1.82) is 0 Å². The molecule has 7 nitrogen and oxygen atoms in total. The molecule has 1 aliphatic carbocycles. The Kier molecular flexibility index (Phi) is 4.79. The molecule has 2 fully saturated rings. The first-order chi connectivity index (χ1) is 12.9. The molecule has 0 radical (unpaired) electrons. The Bertz CT molecular complexity index is 838. The molecule has 146 valence electrons. The molecule has 0 spiro atoms. The Hall–Kier alpha value is -2.16. The molecule has 9 heteroatoms. The van der Waals surface area contributed by atoms with Crippen LogP contribution in [0.25, 0.3) is 5.78 Å². The predicted molar refractivity (Wildman–Crippen MR) is 94.1 cm³/mol. The van der Waals surface area contributed by atoms with Crippen LogP contribution in [0.3, 0.4) is 0 Å². The molecule has 27 heavy (non-hydrogen) atoms. The third kappa shape index (κ3) is 3.92. The van der Waals surface area contributed by atoms with Gasteiger partial charge in [-0.1, -0.05) is 0 Å². The smallest absolute Gasteiger partial charge is 0.250 e. The third-order valence-corrected chi connectivity index (χ3v) is 5.64. The fourth-order valence-electron chi connectivity index (χ4n) is 4.13. The topological polar surface area (TPSA) is 98.2 Å². The lowest BCUT2D eigenvalue weighted by atomic mass is 9.81. The summed E-state index contributed by atoms with van der Waals surface area (Å²) in [6.45, 7) is 0.725. The lowest BCUT2D eigenvalue weighted by Crippen LogP contribution is -2.37. The minimum absolute atomic E-state index is 0.0507. The Morgan fingerprint density at radius 1 is 1.37 bits per heavy atom. The van der Waals surface area contributed by atoms with Crippen molar-refractivity contribution < 1.29 is 13.6 Å². The third-order valence-electron chi connectivity index (χ3n) is 5.64. The summed E-state index contributed by atoms with van der Waals surface area (Å²) in [5, 5.41) is 7.36. The maximum Gasteiger partial charge on any atom is 0.250 e. The monoisotopic (exact) mass is 378 g/mol. The quantitative estimate of drug-likeness (QED) is 0.848. The van der Waals surface area contributed by atoms with Crippen molar-refractivity contribution in [2.45, 2.75) is 56.9 Å². The molecule has 0 bridgehead atoms. The zero-order valence-electron chi connectivity index (χ0n) is 15.1. The Morgan fingerprint density at radius 3 is 3.00 bits per heavy atom. The van der Waals surface area contributed by atoms with E-state index in [2.05, 4.69) is 20.4 Å². The van der Waals surface area contributed by atoms with Gasteiger partial charge in [0.2, 0.25) is 11.8 Å². The SMILES string of the molecule is N[C@H](c1cn2nc(CC3CCCNC3=O)cnc2n1)[C@H]1CCCC(F)(F)C1. The summed E-state index contributed by atoms with van der Waals surface area (Å²) in [6, 6.07) is -0.563. The van der Waals surface area contributed by atoms with Gasteiger partial charge in [-0.05, 0) is 31.6 Å². The molecule has 3 N–H and O–H groups in total. The van der Waals surface area contributed by atoms with Crippen LogP contribution in [-0.2, 0) is 11.2 Å². The molecule has 3 atom stereocenters. The zero-order valence-corrected chi connectivity index (χ0v) is 15.1. The van der Waals surface area contributed by atoms with Crippen molar-refractivity contribution >= 4 is 11.7 Å². The second-order valence-corrected chi connectivity index (χ2v) is 7.73. The van der Waals surface area contributed by atoms with Crippen molar-refractivity contribution in [3.8, 4) is 0 Å². The lowest BCUT2D eigenvalue weighted by molar-refractivity contribution is -0.126. The Labute approximate surface area is 155 Å². The van der Waals surface area contributed by atoms with E-state index in [9.17, 15) is 13.6 Å². The summed E-state index contributed by atoms with van der Waals surface area (Å²) in [4.78, 5) is 20.6. The van der Waals surface area contributed by atoms with Crippen LogP contribution in [0.5, 0.6) is 0 Å². The van der Waals surface area contributed by atoms with E-state index in [1.54, 1.807) is 12.4 Å². The van der Waals surface area contributed by atoms with Gasteiger partial charge in [-0.25, -0.2) is 23.3 Å². The molecule has 2 aliphatic rings. The van der Waals surface area contributed by atoms with Crippen LogP contribution in [-0.4, -0.2) is 38.0 Å². The number of alkyl halides is 2. The van der Waals surface area contributed by atoms with Gasteiger partial charge in [0.05, 0.1) is 29.8 Å². The average molecular weight is 378 g/mol. The van der Waals surface area contributed by atoms with Crippen molar-refractivity contribution in [2.24, 2.45) is 17.6 Å². The summed E-state index contributed by atoms with van der Waals surface area (Å²) in [5.41, 5.74) is 7.48. The fourth-order valence-corrected chi connectivity index (χ4v) is 4.13. The number of amides is 1. The first-order valence-electron chi connectivity index (χ1n) is 9.54. The van der Waals surface area contributed by atoms with E-state index < -0.39 is 12.0 Å². The molecule has 1 unspecified atom stereocenters. The van der Waals surface area contributed by atoms with E-state index >= 15 is 0 Å². The molecule has 2 aromatic rings. The van der Waals surface area contributed by atoms with Crippen LogP contribution in [0, 0.1) is 11.8 Å². The van der Waals surface area contributed by atoms with E-state index in [0.29, 0.717) is 36.4 Å². The summed E-state index contributed by atoms with van der Waals surface area (Å²) in [6.07, 6.45) is 6.48. The van der Waals surface area contributed by atoms with Gasteiger partial charge in [0.1, 0.15) is 0 Å². The Balaban J connectivity index is 1.51. The minimum Gasteiger partial charge on any atom is -0.356 e. The van der Waals surface area contributed by atoms with Crippen molar-refractivity contribution in [3.05, 3.63) is 23.8 Å². The number of nitrogens with zero attached hydrogens (tertiary/aromatic N) is 4. The first-order valence-corrected chi connectivity index (χ1v) is 9.54. The molecule has 0 aromatic carbocycles. The molecule has 1 aliphatic heterocycles. The van der Waals surface area contributed by atoms with Gasteiger partial charge in [-0.3, -0.25) is 4.79 Å². The highest BCUT2D eigenvalue weighted by Gasteiger charge is 2.39. The number of hydrogen-bond donors (Lipinski definition) is 2. The standard InChI is InChI=1S/C18H24F2N6O/c19-18(20)5-1-3-12(8-18)15(21)14-10-26-17(24-14)23-9-13(25-26)7-11-4-2-6-22-16(11)27/h9-12,15H,1-8,21H2,(H,22,27)/t11?,12-,15-/m0/s1. The van der Waals surface area contributed by atoms with Gasteiger partial charge in [-0.2, -0.15) is 5.10 Å². The van der Waals surface area contributed by atoms with Gasteiger partial charge < -0.3 is 11.1 Å². The van der Waals surface area contributed by atoms with Gasteiger partial charge in [-0.15, -0.1) is 0 Å². The van der Waals surface area contributed by atoms with Crippen molar-refractivity contribution in [3.63, 3.8) is 0 Å². The molecule has 1 amide bonds. The van der Waals surface area contributed by atoms with Crippen LogP contribution in [0.2, 0.25) is 0 Å². The van der Waals surface area contributed by atoms with E-state index in [-0.39, 0.29) is 30.6 Å². The average Bonchev–Trinajstić information content (AvgIpc) is 3.05. The van der Waals surface area contributed by atoms with Crippen LogP contribution >= 0.6 is 0 Å². The van der Waals surface area contributed by atoms with Crippen molar-refractivity contribution in [2.75, 3.05) is 6.54 Å². The zero-order chi connectivity index (χ0) is 19.0. The van der Waals surface area contributed by atoms with Gasteiger partial charge in [0.25, 0.3) is 5.78 Å². The number of rotatable bonds is 4. The summed E-state index contributed by atoms with van der Waals surface area (Å²) >= 11 is 0. The van der Waals surface area contributed by atoms with Crippen LogP contribution in [0.4, 0.5) is 8.78 Å². The minimum atomic E-state index is -2.65. The van der Waals surface area contributed by atoms with Gasteiger partial charge >= 0.3 is 0 Å². The highest BCUT2D eigenvalue weighted by atomic mass is 19.3. The van der Waals surface area contributed by atoms with Crippen molar-refractivity contribution in [1.82, 2.24) is 24.9 Å². The van der Waals surface area contributed by atoms with Crippen LogP contribution in [0.1, 0.15) is 56.0 Å². The van der Waals surface area contributed by atoms with E-state index in [4.69, 9.17) is 5.73 Å². The molecular weight excluding hydrogens is 354 g/mol. The molecule has 1 saturated heterocycles. The fraction of sp³-hybridized carbons (Fsp3) is 0.667. The number of carbonyl (C=O) groups excluding carboxylic acids is 1. The summed E-state index contributed by atoms with van der Waals surface area (Å²) in [7, 11) is 0. The second kappa shape index (κ2) is 7.10. The molecular formula is C18H24F2N6O. The number of aromatic nitrogens is 4. The highest BCUT2D eigenvalue weighted by Crippen LogP contribution is 2.41. The number of nitrogens with two attached hydrogens (primary N) is 1. The largest absolute Gasteiger partial charge is 0.356 e. The van der Waals surface area contributed by atoms with Crippen LogP contribution in [0.15, 0.2) is 12.4 Å². The Morgan fingerprint density at radius 2 is 2.22 bits per heavy atom. The number of hydrogen-bond acceptors (Lipinski definition) is 5. The molecule has 1 saturated carbocycles. The first kappa shape index (κ1) is 18.2. The summed E-state index contributed by atoms with van der Waals surface area (Å²) < 4.78 is 28.9. The number of carbonyl (C=O) groups is 1. The van der Waals surface area contributed by atoms with E-state index in [1.807, 2.05) is 0 Å². The van der Waals surface area contributed by atoms with E-state index in [0.717, 1.165) is 19.4 Å². The van der Waals surface area contributed by atoms with E-state index in [1.165, 1.54) is 4.52 Å². The maximum absolute atomic E-state index is 13.7. The molecule has 2 aromatic heterocycles. The van der Waals surface area contributed by atoms with Gasteiger partial charge in [0.15, 0.2) is 0 Å². The number of piperidine rings is 1. The molecule has 4 rings (SSSR count). The maximum atomic E-state index is 13.7. The molecule has 3 heterocycles. The summed E-state index contributed by atoms with van der Waals surface area (Å²) in [5.74, 6) is -2.61. The number of imidazole rings is 1. The normalized spacial score (nSPS) is 26.7. The number of halogens is 2. The van der Waals surface area contributed by atoms with Gasteiger partial charge in [0, 0.05) is 31.7 Å². The predicted octanol–water partition coefficient (Wildman–Crippen LogP) is 2.02. The highest BCUT2D eigenvalue weighted by molar-refractivity contribution is 5.79. The number of nitrogens with one attached hydrogen (secondary N) is 1.